The number of hydrogen-bond donors (Lipinski definition) is 2. The molecule has 0 heterocycles. The zero-order valence-electron chi connectivity index (χ0n) is 10.6. The highest BCUT2D eigenvalue weighted by Gasteiger charge is 2.37. The number of carbonyl (C=O) groups is 2. The van der Waals surface area contributed by atoms with Gasteiger partial charge in [0, 0.05) is 0 Å². The Kier molecular flexibility index (Phi) is 3.99. The summed E-state index contributed by atoms with van der Waals surface area (Å²) in [5.74, 6) is -3.54. The first-order valence-electron chi connectivity index (χ1n) is 6.27. The number of halogens is 1. The second-order valence-electron chi connectivity index (χ2n) is 4.75. The van der Waals surface area contributed by atoms with Gasteiger partial charge in [0.1, 0.15) is 17.4 Å². The predicted molar refractivity (Wildman–Crippen MR) is 68.2 cm³/mol. The highest BCUT2D eigenvalue weighted by Crippen LogP contribution is 2.33. The third-order valence-corrected chi connectivity index (χ3v) is 3.55. The Morgan fingerprint density at radius 2 is 2.05 bits per heavy atom. The van der Waals surface area contributed by atoms with Gasteiger partial charge in [-0.3, -0.25) is 9.59 Å². The van der Waals surface area contributed by atoms with E-state index in [1.165, 1.54) is 12.1 Å². The maximum atomic E-state index is 13.4. The number of amides is 1. The lowest BCUT2D eigenvalue weighted by atomic mass is 9.95. The lowest BCUT2D eigenvalue weighted by Gasteiger charge is -2.16. The number of nitrogens with zero attached hydrogens (tertiary/aromatic N) is 1. The Bertz CT molecular complexity index is 595. The Morgan fingerprint density at radius 3 is 2.70 bits per heavy atom. The van der Waals surface area contributed by atoms with Crippen LogP contribution in [0.25, 0.3) is 0 Å². The summed E-state index contributed by atoms with van der Waals surface area (Å²) >= 11 is 0. The minimum atomic E-state index is -0.998. The van der Waals surface area contributed by atoms with Gasteiger partial charge in [-0.1, -0.05) is 12.5 Å². The van der Waals surface area contributed by atoms with E-state index in [9.17, 15) is 14.0 Å². The van der Waals surface area contributed by atoms with Gasteiger partial charge in [0.15, 0.2) is 0 Å². The molecule has 0 aliphatic heterocycles. The fourth-order valence-corrected chi connectivity index (χ4v) is 2.54. The van der Waals surface area contributed by atoms with Crippen molar-refractivity contribution in [1.29, 1.82) is 5.26 Å². The van der Waals surface area contributed by atoms with Crippen LogP contribution in [0.3, 0.4) is 0 Å². The molecule has 2 atom stereocenters. The van der Waals surface area contributed by atoms with Crippen LogP contribution in [0.4, 0.5) is 10.1 Å². The molecule has 2 N–H and O–H groups in total. The first kappa shape index (κ1) is 14.0. The minimum absolute atomic E-state index is 0.0774. The number of benzene rings is 1. The fraction of sp³-hybridized carbons (Fsp3) is 0.357. The SMILES string of the molecule is N#Cc1c(F)cccc1NC(=O)[C@@H]1CCC[C@@H]1C(=O)O. The molecule has 0 spiro atoms. The van der Waals surface area contributed by atoms with Gasteiger partial charge < -0.3 is 10.4 Å². The van der Waals surface area contributed by atoms with Crippen molar-refractivity contribution in [2.75, 3.05) is 5.32 Å². The molecule has 0 saturated heterocycles. The molecule has 2 rings (SSSR count). The number of nitrogens with one attached hydrogen (secondary N) is 1. The monoisotopic (exact) mass is 276 g/mol. The van der Waals surface area contributed by atoms with Gasteiger partial charge >= 0.3 is 5.97 Å². The summed E-state index contributed by atoms with van der Waals surface area (Å²) in [7, 11) is 0. The zero-order valence-corrected chi connectivity index (χ0v) is 10.6. The van der Waals surface area contributed by atoms with Crippen LogP contribution in [0.1, 0.15) is 24.8 Å². The highest BCUT2D eigenvalue weighted by molar-refractivity contribution is 5.96. The Hall–Kier alpha value is -2.42. The predicted octanol–water partition coefficient (Wildman–Crippen LogP) is 2.14. The van der Waals surface area contributed by atoms with Crippen molar-refractivity contribution in [3.05, 3.63) is 29.6 Å². The molecule has 1 amide bonds. The first-order chi connectivity index (χ1) is 9.54. The van der Waals surface area contributed by atoms with E-state index >= 15 is 0 Å². The number of hydrogen-bond acceptors (Lipinski definition) is 3. The van der Waals surface area contributed by atoms with Crippen molar-refractivity contribution < 1.29 is 19.1 Å². The van der Waals surface area contributed by atoms with E-state index in [-0.39, 0.29) is 11.3 Å². The van der Waals surface area contributed by atoms with Crippen LogP contribution in [0.15, 0.2) is 18.2 Å². The summed E-state index contributed by atoms with van der Waals surface area (Å²) in [6.07, 6.45) is 1.62. The molecule has 104 valence electrons. The standard InChI is InChI=1S/C14H13FN2O3/c15-11-5-2-6-12(10(11)7-16)17-13(18)8-3-1-4-9(8)14(19)20/h2,5-6,8-9H,1,3-4H2,(H,17,18)(H,19,20)/t8-,9+/m1/s1. The van der Waals surface area contributed by atoms with Crippen LogP contribution in [0, 0.1) is 29.0 Å². The van der Waals surface area contributed by atoms with Gasteiger partial charge in [0.25, 0.3) is 0 Å². The first-order valence-corrected chi connectivity index (χ1v) is 6.27. The normalized spacial score (nSPS) is 21.2. The van der Waals surface area contributed by atoms with E-state index in [0.717, 1.165) is 6.07 Å². The molecule has 1 aliphatic rings. The third kappa shape index (κ3) is 2.62. The molecule has 1 aromatic rings. The van der Waals surface area contributed by atoms with E-state index in [1.54, 1.807) is 6.07 Å². The molecule has 1 fully saturated rings. The quantitative estimate of drug-likeness (QED) is 0.884. The van der Waals surface area contributed by atoms with Gasteiger partial charge in [-0.15, -0.1) is 0 Å². The molecule has 20 heavy (non-hydrogen) atoms. The Morgan fingerprint density at radius 1 is 1.35 bits per heavy atom. The van der Waals surface area contributed by atoms with Gasteiger partial charge in [-0.05, 0) is 25.0 Å². The van der Waals surface area contributed by atoms with Gasteiger partial charge in [-0.25, -0.2) is 4.39 Å². The molecule has 0 unspecified atom stereocenters. The van der Waals surface area contributed by atoms with Crippen LogP contribution < -0.4 is 5.32 Å². The number of nitriles is 1. The fourth-order valence-electron chi connectivity index (χ4n) is 2.54. The van der Waals surface area contributed by atoms with Gasteiger partial charge in [0.2, 0.25) is 5.91 Å². The summed E-state index contributed by atoms with van der Waals surface area (Å²) in [6, 6.07) is 5.62. The number of carboxylic acids is 1. The molecule has 0 aromatic heterocycles. The van der Waals surface area contributed by atoms with Gasteiger partial charge in [0.05, 0.1) is 17.5 Å². The Labute approximate surface area is 115 Å². The number of rotatable bonds is 3. The average Bonchev–Trinajstić information content (AvgIpc) is 2.88. The van der Waals surface area contributed by atoms with Crippen LogP contribution in [-0.2, 0) is 9.59 Å². The lowest BCUT2D eigenvalue weighted by Crippen LogP contribution is -2.30. The molecule has 1 saturated carbocycles. The molecule has 1 aromatic carbocycles. The molecule has 0 radical (unpaired) electrons. The van der Waals surface area contributed by atoms with E-state index in [2.05, 4.69) is 5.32 Å². The summed E-state index contributed by atoms with van der Waals surface area (Å²) in [5.41, 5.74) is -0.167. The summed E-state index contributed by atoms with van der Waals surface area (Å²) in [6.45, 7) is 0. The zero-order chi connectivity index (χ0) is 14.7. The lowest BCUT2D eigenvalue weighted by molar-refractivity contribution is -0.145. The van der Waals surface area contributed by atoms with Crippen LogP contribution in [0.5, 0.6) is 0 Å². The van der Waals surface area contributed by atoms with Gasteiger partial charge in [-0.2, -0.15) is 5.26 Å². The van der Waals surface area contributed by atoms with Crippen molar-refractivity contribution in [2.24, 2.45) is 11.8 Å². The summed E-state index contributed by atoms with van der Waals surface area (Å²) in [4.78, 5) is 23.2. The van der Waals surface area contributed by atoms with Crippen molar-refractivity contribution in [2.45, 2.75) is 19.3 Å². The number of aliphatic carboxylic acids is 1. The number of carbonyl (C=O) groups excluding carboxylic acids is 1. The molecule has 0 bridgehead atoms. The molecular weight excluding hydrogens is 263 g/mol. The van der Waals surface area contributed by atoms with E-state index < -0.39 is 29.5 Å². The number of carboxylic acid groups (broad SMARTS) is 1. The minimum Gasteiger partial charge on any atom is -0.481 e. The Balaban J connectivity index is 2.19. The van der Waals surface area contributed by atoms with Crippen LogP contribution in [-0.4, -0.2) is 17.0 Å². The average molecular weight is 276 g/mol. The van der Waals surface area contributed by atoms with Crippen molar-refractivity contribution >= 4 is 17.6 Å². The molecule has 6 heteroatoms. The van der Waals surface area contributed by atoms with Crippen LogP contribution >= 0.6 is 0 Å². The highest BCUT2D eigenvalue weighted by atomic mass is 19.1. The second kappa shape index (κ2) is 5.70. The molecular formula is C14H13FN2O3. The largest absolute Gasteiger partial charge is 0.481 e. The third-order valence-electron chi connectivity index (χ3n) is 3.55. The van der Waals surface area contributed by atoms with E-state index in [0.29, 0.717) is 19.3 Å². The molecule has 5 nitrogen and oxygen atoms in total. The van der Waals surface area contributed by atoms with Crippen molar-refractivity contribution in [1.82, 2.24) is 0 Å². The van der Waals surface area contributed by atoms with Crippen molar-refractivity contribution in [3.63, 3.8) is 0 Å². The summed E-state index contributed by atoms with van der Waals surface area (Å²) in [5, 5.41) is 20.4. The van der Waals surface area contributed by atoms with Crippen molar-refractivity contribution in [3.8, 4) is 6.07 Å². The van der Waals surface area contributed by atoms with Crippen LogP contribution in [0.2, 0.25) is 0 Å². The topological polar surface area (TPSA) is 90.2 Å². The summed E-state index contributed by atoms with van der Waals surface area (Å²) < 4.78 is 13.4. The number of anilines is 1. The maximum absolute atomic E-state index is 13.4. The van der Waals surface area contributed by atoms with E-state index in [1.807, 2.05) is 0 Å². The second-order valence-corrected chi connectivity index (χ2v) is 4.75. The molecule has 1 aliphatic carbocycles. The smallest absolute Gasteiger partial charge is 0.307 e. The maximum Gasteiger partial charge on any atom is 0.307 e. The van der Waals surface area contributed by atoms with E-state index in [4.69, 9.17) is 10.4 Å².